The fraction of sp³-hybridized carbons (Fsp3) is 0.188. The van der Waals surface area contributed by atoms with Crippen LogP contribution in [0.2, 0.25) is 10.0 Å². The summed E-state index contributed by atoms with van der Waals surface area (Å²) >= 11 is 11.9. The van der Waals surface area contributed by atoms with Crippen molar-refractivity contribution in [3.63, 3.8) is 0 Å². The Morgan fingerprint density at radius 3 is 2.33 bits per heavy atom. The lowest BCUT2D eigenvalue weighted by Crippen LogP contribution is -2.11. The number of nitrogens with one attached hydrogen (secondary N) is 1. The smallest absolute Gasteiger partial charge is 0.332 e. The number of aryl methyl sites for hydroxylation is 1. The van der Waals surface area contributed by atoms with Crippen LogP contribution < -0.4 is 5.48 Å². The van der Waals surface area contributed by atoms with Crippen LogP contribution in [-0.4, -0.2) is 5.97 Å². The van der Waals surface area contributed by atoms with Crippen molar-refractivity contribution in [1.29, 1.82) is 0 Å². The molecule has 0 spiro atoms. The Bertz CT molecular complexity index is 582. The molecule has 0 atom stereocenters. The van der Waals surface area contributed by atoms with Gasteiger partial charge in [-0.2, -0.15) is 0 Å². The zero-order valence-electron chi connectivity index (χ0n) is 11.3. The Hall–Kier alpha value is -1.71. The fourth-order valence-electron chi connectivity index (χ4n) is 1.84. The van der Waals surface area contributed by atoms with E-state index in [2.05, 4.69) is 5.48 Å². The van der Waals surface area contributed by atoms with Gasteiger partial charge < -0.3 is 4.84 Å². The molecular weight excluding hydrogens is 309 g/mol. The number of hydrogen-bond donors (Lipinski definition) is 1. The van der Waals surface area contributed by atoms with Gasteiger partial charge in [-0.3, -0.25) is 0 Å². The van der Waals surface area contributed by atoms with Gasteiger partial charge in [0.1, 0.15) is 5.69 Å². The molecule has 0 radical (unpaired) electrons. The van der Waals surface area contributed by atoms with Gasteiger partial charge in [0, 0.05) is 6.42 Å². The lowest BCUT2D eigenvalue weighted by molar-refractivity contribution is -0.140. The van der Waals surface area contributed by atoms with Gasteiger partial charge in [-0.1, -0.05) is 59.6 Å². The maximum absolute atomic E-state index is 11.7. The summed E-state index contributed by atoms with van der Waals surface area (Å²) in [6.07, 6.45) is 1.88. The standard InChI is InChI=1S/C16H15Cl2NO2/c17-13-9-5-10-14(18)16(13)19-21-15(20)11-4-8-12-6-2-1-3-7-12/h1-3,5-7,9-10,19H,4,8,11H2. The van der Waals surface area contributed by atoms with E-state index in [0.29, 0.717) is 22.2 Å². The van der Waals surface area contributed by atoms with Crippen molar-refractivity contribution in [3.05, 3.63) is 64.1 Å². The molecule has 0 aliphatic rings. The molecule has 3 nitrogen and oxygen atoms in total. The molecule has 21 heavy (non-hydrogen) atoms. The number of carbonyl (C=O) groups is 1. The first-order chi connectivity index (χ1) is 10.2. The van der Waals surface area contributed by atoms with Crippen LogP contribution in [0, 0.1) is 0 Å². The second-order valence-corrected chi connectivity index (χ2v) is 5.33. The molecular formula is C16H15Cl2NO2. The summed E-state index contributed by atoms with van der Waals surface area (Å²) in [5.41, 5.74) is 4.12. The van der Waals surface area contributed by atoms with E-state index < -0.39 is 0 Å². The van der Waals surface area contributed by atoms with E-state index in [0.717, 1.165) is 12.8 Å². The third kappa shape index (κ3) is 4.96. The second kappa shape index (κ2) is 7.91. The highest BCUT2D eigenvalue weighted by Gasteiger charge is 2.08. The van der Waals surface area contributed by atoms with Crippen molar-refractivity contribution in [2.24, 2.45) is 0 Å². The molecule has 0 heterocycles. The Balaban J connectivity index is 1.75. The van der Waals surface area contributed by atoms with Crippen molar-refractivity contribution in [1.82, 2.24) is 0 Å². The Labute approximate surface area is 133 Å². The molecule has 2 rings (SSSR count). The largest absolute Gasteiger partial charge is 0.343 e. The van der Waals surface area contributed by atoms with E-state index in [1.54, 1.807) is 18.2 Å². The normalized spacial score (nSPS) is 10.2. The van der Waals surface area contributed by atoms with Gasteiger partial charge in [0.2, 0.25) is 0 Å². The molecule has 5 heteroatoms. The molecule has 0 unspecified atom stereocenters. The van der Waals surface area contributed by atoms with Crippen LogP contribution in [-0.2, 0) is 16.1 Å². The van der Waals surface area contributed by atoms with Gasteiger partial charge >= 0.3 is 5.97 Å². The van der Waals surface area contributed by atoms with Crippen LogP contribution in [0.1, 0.15) is 18.4 Å². The number of carbonyl (C=O) groups excluding carboxylic acids is 1. The molecule has 2 aromatic carbocycles. The molecule has 0 aromatic heterocycles. The molecule has 0 amide bonds. The van der Waals surface area contributed by atoms with Crippen LogP contribution in [0.15, 0.2) is 48.5 Å². The second-order valence-electron chi connectivity index (χ2n) is 4.51. The third-order valence-corrected chi connectivity index (χ3v) is 3.55. The highest BCUT2D eigenvalue weighted by atomic mass is 35.5. The minimum atomic E-state index is -0.345. The molecule has 0 bridgehead atoms. The SMILES string of the molecule is O=C(CCCc1ccccc1)ONc1c(Cl)cccc1Cl. The maximum Gasteiger partial charge on any atom is 0.332 e. The highest BCUT2D eigenvalue weighted by Crippen LogP contribution is 2.29. The van der Waals surface area contributed by atoms with Crippen molar-refractivity contribution >= 4 is 34.9 Å². The predicted molar refractivity (Wildman–Crippen MR) is 85.6 cm³/mol. The average molecular weight is 324 g/mol. The number of halogens is 2. The lowest BCUT2D eigenvalue weighted by Gasteiger charge is -2.09. The summed E-state index contributed by atoms with van der Waals surface area (Å²) in [6.45, 7) is 0. The molecule has 0 aliphatic heterocycles. The molecule has 0 saturated heterocycles. The topological polar surface area (TPSA) is 38.3 Å². The van der Waals surface area contributed by atoms with Gasteiger partial charge in [-0.05, 0) is 30.5 Å². The first-order valence-electron chi connectivity index (χ1n) is 6.60. The summed E-state index contributed by atoms with van der Waals surface area (Å²) in [5, 5.41) is 0.805. The molecule has 110 valence electrons. The maximum atomic E-state index is 11.7. The summed E-state index contributed by atoms with van der Waals surface area (Å²) in [5.74, 6) is -0.345. The van der Waals surface area contributed by atoms with Gasteiger partial charge in [-0.25, -0.2) is 10.3 Å². The summed E-state index contributed by atoms with van der Waals surface area (Å²) in [7, 11) is 0. The number of rotatable bonds is 6. The van der Waals surface area contributed by atoms with E-state index in [9.17, 15) is 4.79 Å². The van der Waals surface area contributed by atoms with Crippen molar-refractivity contribution in [2.45, 2.75) is 19.3 Å². The third-order valence-electron chi connectivity index (χ3n) is 2.92. The van der Waals surface area contributed by atoms with Crippen LogP contribution in [0.5, 0.6) is 0 Å². The van der Waals surface area contributed by atoms with Crippen LogP contribution in [0.4, 0.5) is 5.69 Å². The Morgan fingerprint density at radius 2 is 1.67 bits per heavy atom. The quantitative estimate of drug-likeness (QED) is 0.769. The van der Waals surface area contributed by atoms with Gasteiger partial charge in [0.15, 0.2) is 0 Å². The lowest BCUT2D eigenvalue weighted by atomic mass is 10.1. The zero-order valence-corrected chi connectivity index (χ0v) is 12.8. The summed E-state index contributed by atoms with van der Waals surface area (Å²) in [6, 6.07) is 15.0. The van der Waals surface area contributed by atoms with E-state index in [1.165, 1.54) is 5.56 Å². The predicted octanol–water partition coefficient (Wildman–Crippen LogP) is 4.89. The van der Waals surface area contributed by atoms with Gasteiger partial charge in [-0.15, -0.1) is 0 Å². The fourth-order valence-corrected chi connectivity index (χ4v) is 2.31. The first kappa shape index (κ1) is 15.7. The zero-order chi connectivity index (χ0) is 15.1. The van der Waals surface area contributed by atoms with E-state index in [4.69, 9.17) is 28.0 Å². The number of para-hydroxylation sites is 1. The molecule has 0 aliphatic carbocycles. The van der Waals surface area contributed by atoms with Crippen LogP contribution in [0.25, 0.3) is 0 Å². The molecule has 0 fully saturated rings. The van der Waals surface area contributed by atoms with Crippen molar-refractivity contribution in [3.8, 4) is 0 Å². The van der Waals surface area contributed by atoms with Crippen molar-refractivity contribution in [2.75, 3.05) is 5.48 Å². The highest BCUT2D eigenvalue weighted by molar-refractivity contribution is 6.39. The van der Waals surface area contributed by atoms with Crippen molar-refractivity contribution < 1.29 is 9.63 Å². The van der Waals surface area contributed by atoms with E-state index >= 15 is 0 Å². The van der Waals surface area contributed by atoms with Crippen LogP contribution >= 0.6 is 23.2 Å². The van der Waals surface area contributed by atoms with Crippen LogP contribution in [0.3, 0.4) is 0 Å². The Kier molecular flexibility index (Phi) is 5.90. The Morgan fingerprint density at radius 1 is 1.00 bits per heavy atom. The minimum absolute atomic E-state index is 0.323. The molecule has 1 N–H and O–H groups in total. The average Bonchev–Trinajstić information content (AvgIpc) is 2.48. The van der Waals surface area contributed by atoms with Gasteiger partial charge in [0.25, 0.3) is 0 Å². The first-order valence-corrected chi connectivity index (χ1v) is 7.36. The molecule has 2 aromatic rings. The van der Waals surface area contributed by atoms with Gasteiger partial charge in [0.05, 0.1) is 10.0 Å². The number of anilines is 1. The summed E-state index contributed by atoms with van der Waals surface area (Å²) in [4.78, 5) is 16.6. The number of hydrogen-bond acceptors (Lipinski definition) is 3. The molecule has 0 saturated carbocycles. The van der Waals surface area contributed by atoms with E-state index in [-0.39, 0.29) is 5.97 Å². The van der Waals surface area contributed by atoms with E-state index in [1.807, 2.05) is 30.3 Å². The number of benzene rings is 2. The summed E-state index contributed by atoms with van der Waals surface area (Å²) < 4.78 is 0. The minimum Gasteiger partial charge on any atom is -0.343 e. The monoisotopic (exact) mass is 323 g/mol.